The van der Waals surface area contributed by atoms with Crippen molar-refractivity contribution >= 4 is 29.7 Å². The van der Waals surface area contributed by atoms with Gasteiger partial charge in [0, 0.05) is 12.1 Å². The molecule has 0 spiro atoms. The van der Waals surface area contributed by atoms with Crippen LogP contribution in [0.15, 0.2) is 18.2 Å². The molecule has 0 aliphatic rings. The first-order valence-electron chi connectivity index (χ1n) is 4.08. The highest BCUT2D eigenvalue weighted by molar-refractivity contribution is 5.95. The van der Waals surface area contributed by atoms with E-state index in [0.717, 1.165) is 0 Å². The van der Waals surface area contributed by atoms with Gasteiger partial charge in [-0.25, -0.2) is 0 Å². The number of hydrogen-bond donors (Lipinski definition) is 3. The second kappa shape index (κ2) is 5.34. The fraction of sp³-hybridized carbons (Fsp3) is 0.222. The van der Waals surface area contributed by atoms with Gasteiger partial charge in [0.05, 0.1) is 11.4 Å². The molecule has 78 valence electrons. The van der Waals surface area contributed by atoms with Crippen LogP contribution in [0.25, 0.3) is 0 Å². The standard InChI is InChI=1S/C9H13N3O.ClH/c1-2-12-9(13)6-3-4-7(10)8(11)5-6;/h3-5H,2,10-11H2,1H3,(H,12,13);1H. The number of amides is 1. The Hall–Kier alpha value is -1.42. The predicted molar refractivity (Wildman–Crippen MR) is 60.5 cm³/mol. The van der Waals surface area contributed by atoms with Gasteiger partial charge in [0.2, 0.25) is 0 Å². The van der Waals surface area contributed by atoms with Crippen LogP contribution in [0.3, 0.4) is 0 Å². The molecule has 0 aliphatic heterocycles. The number of nitrogen functional groups attached to an aromatic ring is 2. The van der Waals surface area contributed by atoms with Crippen LogP contribution in [0, 0.1) is 0 Å². The average Bonchev–Trinajstić information content (AvgIpc) is 2.10. The fourth-order valence-corrected chi connectivity index (χ4v) is 0.979. The number of nitrogens with two attached hydrogens (primary N) is 2. The summed E-state index contributed by atoms with van der Waals surface area (Å²) in [4.78, 5) is 11.3. The molecule has 1 amide bonds. The quantitative estimate of drug-likeness (QED) is 0.645. The number of rotatable bonds is 2. The minimum Gasteiger partial charge on any atom is -0.397 e. The minimum absolute atomic E-state index is 0. The smallest absolute Gasteiger partial charge is 0.251 e. The van der Waals surface area contributed by atoms with Crippen molar-refractivity contribution in [2.45, 2.75) is 6.92 Å². The van der Waals surface area contributed by atoms with Gasteiger partial charge in [0.15, 0.2) is 0 Å². The SMILES string of the molecule is CCNC(=O)c1ccc(N)c(N)c1.Cl. The molecule has 14 heavy (non-hydrogen) atoms. The van der Waals surface area contributed by atoms with Crippen molar-refractivity contribution in [2.75, 3.05) is 18.0 Å². The first kappa shape index (κ1) is 12.6. The Morgan fingerprint density at radius 1 is 1.36 bits per heavy atom. The summed E-state index contributed by atoms with van der Waals surface area (Å²) in [6, 6.07) is 4.84. The highest BCUT2D eigenvalue weighted by Crippen LogP contribution is 2.15. The van der Waals surface area contributed by atoms with Gasteiger partial charge >= 0.3 is 0 Å². The molecule has 5 heteroatoms. The molecular weight excluding hydrogens is 202 g/mol. The van der Waals surface area contributed by atoms with E-state index in [4.69, 9.17) is 11.5 Å². The average molecular weight is 216 g/mol. The number of hydrogen-bond acceptors (Lipinski definition) is 3. The Kier molecular flexibility index (Phi) is 4.80. The lowest BCUT2D eigenvalue weighted by Gasteiger charge is -2.04. The van der Waals surface area contributed by atoms with E-state index in [-0.39, 0.29) is 18.3 Å². The van der Waals surface area contributed by atoms with Crippen LogP contribution in [0.1, 0.15) is 17.3 Å². The first-order valence-corrected chi connectivity index (χ1v) is 4.08. The van der Waals surface area contributed by atoms with Crippen LogP contribution < -0.4 is 16.8 Å². The van der Waals surface area contributed by atoms with Crippen molar-refractivity contribution in [3.8, 4) is 0 Å². The van der Waals surface area contributed by atoms with E-state index in [2.05, 4.69) is 5.32 Å². The largest absolute Gasteiger partial charge is 0.397 e. The number of benzene rings is 1. The maximum Gasteiger partial charge on any atom is 0.251 e. The summed E-state index contributed by atoms with van der Waals surface area (Å²) in [5.74, 6) is -0.130. The second-order valence-corrected chi connectivity index (χ2v) is 2.70. The molecule has 0 saturated heterocycles. The lowest BCUT2D eigenvalue weighted by atomic mass is 10.1. The van der Waals surface area contributed by atoms with Crippen molar-refractivity contribution in [3.63, 3.8) is 0 Å². The molecule has 0 heterocycles. The van der Waals surface area contributed by atoms with Crippen molar-refractivity contribution in [1.82, 2.24) is 5.32 Å². The molecule has 1 rings (SSSR count). The molecule has 0 unspecified atom stereocenters. The van der Waals surface area contributed by atoms with Crippen LogP contribution in [-0.4, -0.2) is 12.5 Å². The Bertz CT molecular complexity index is 328. The van der Waals surface area contributed by atoms with Crippen molar-refractivity contribution in [2.24, 2.45) is 0 Å². The minimum atomic E-state index is -0.130. The third kappa shape index (κ3) is 2.81. The lowest BCUT2D eigenvalue weighted by Crippen LogP contribution is -2.22. The van der Waals surface area contributed by atoms with E-state index in [9.17, 15) is 4.79 Å². The van der Waals surface area contributed by atoms with Gasteiger partial charge in [-0.05, 0) is 25.1 Å². The van der Waals surface area contributed by atoms with Crippen LogP contribution >= 0.6 is 12.4 Å². The molecule has 0 radical (unpaired) electrons. The number of nitrogens with one attached hydrogen (secondary N) is 1. The van der Waals surface area contributed by atoms with Crippen LogP contribution in [0.2, 0.25) is 0 Å². The number of anilines is 2. The Morgan fingerprint density at radius 3 is 2.50 bits per heavy atom. The molecule has 0 bridgehead atoms. The molecule has 1 aromatic rings. The predicted octanol–water partition coefficient (Wildman–Crippen LogP) is 1.02. The van der Waals surface area contributed by atoms with E-state index in [1.165, 1.54) is 0 Å². The Balaban J connectivity index is 0.00000169. The highest BCUT2D eigenvalue weighted by atomic mass is 35.5. The van der Waals surface area contributed by atoms with E-state index >= 15 is 0 Å². The number of halogens is 1. The molecule has 0 atom stereocenters. The van der Waals surface area contributed by atoms with Gasteiger partial charge < -0.3 is 16.8 Å². The molecule has 0 aromatic heterocycles. The summed E-state index contributed by atoms with van der Waals surface area (Å²) in [7, 11) is 0. The maximum absolute atomic E-state index is 11.3. The van der Waals surface area contributed by atoms with Crippen molar-refractivity contribution < 1.29 is 4.79 Å². The van der Waals surface area contributed by atoms with Gasteiger partial charge in [0.25, 0.3) is 5.91 Å². The van der Waals surface area contributed by atoms with Crippen molar-refractivity contribution in [3.05, 3.63) is 23.8 Å². The number of carbonyl (C=O) groups is 1. The maximum atomic E-state index is 11.3. The molecule has 1 aromatic carbocycles. The molecule has 4 nitrogen and oxygen atoms in total. The van der Waals surface area contributed by atoms with Gasteiger partial charge in [-0.15, -0.1) is 12.4 Å². The van der Waals surface area contributed by atoms with Gasteiger partial charge in [0.1, 0.15) is 0 Å². The van der Waals surface area contributed by atoms with E-state index < -0.39 is 0 Å². The molecule has 0 saturated carbocycles. The Morgan fingerprint density at radius 2 is 2.00 bits per heavy atom. The Labute approximate surface area is 89.1 Å². The topological polar surface area (TPSA) is 81.1 Å². The van der Waals surface area contributed by atoms with Gasteiger partial charge in [-0.3, -0.25) is 4.79 Å². The monoisotopic (exact) mass is 215 g/mol. The molecule has 5 N–H and O–H groups in total. The van der Waals surface area contributed by atoms with Gasteiger partial charge in [-0.1, -0.05) is 0 Å². The third-order valence-electron chi connectivity index (χ3n) is 1.69. The summed E-state index contributed by atoms with van der Waals surface area (Å²) >= 11 is 0. The fourth-order valence-electron chi connectivity index (χ4n) is 0.979. The van der Waals surface area contributed by atoms with Crippen molar-refractivity contribution in [1.29, 1.82) is 0 Å². The highest BCUT2D eigenvalue weighted by Gasteiger charge is 2.04. The summed E-state index contributed by atoms with van der Waals surface area (Å²) in [6.45, 7) is 2.46. The van der Waals surface area contributed by atoms with E-state index in [1.807, 2.05) is 6.92 Å². The third-order valence-corrected chi connectivity index (χ3v) is 1.69. The van der Waals surface area contributed by atoms with E-state index in [0.29, 0.717) is 23.5 Å². The van der Waals surface area contributed by atoms with Crippen LogP contribution in [-0.2, 0) is 0 Å². The molecular formula is C9H14ClN3O. The molecule has 0 aliphatic carbocycles. The summed E-state index contributed by atoms with van der Waals surface area (Å²) in [5, 5.41) is 2.67. The normalized spacial score (nSPS) is 8.93. The van der Waals surface area contributed by atoms with Gasteiger partial charge in [-0.2, -0.15) is 0 Å². The zero-order chi connectivity index (χ0) is 9.84. The number of carbonyl (C=O) groups excluding carboxylic acids is 1. The molecule has 0 fully saturated rings. The lowest BCUT2D eigenvalue weighted by molar-refractivity contribution is 0.0956. The van der Waals surface area contributed by atoms with Crippen LogP contribution in [0.5, 0.6) is 0 Å². The van der Waals surface area contributed by atoms with E-state index in [1.54, 1.807) is 18.2 Å². The summed E-state index contributed by atoms with van der Waals surface area (Å²) in [5.41, 5.74) is 12.5. The zero-order valence-electron chi connectivity index (χ0n) is 7.91. The first-order chi connectivity index (χ1) is 6.15. The second-order valence-electron chi connectivity index (χ2n) is 2.70. The van der Waals surface area contributed by atoms with Crippen LogP contribution in [0.4, 0.5) is 11.4 Å². The summed E-state index contributed by atoms with van der Waals surface area (Å²) in [6.07, 6.45) is 0. The zero-order valence-corrected chi connectivity index (χ0v) is 8.73. The summed E-state index contributed by atoms with van der Waals surface area (Å²) < 4.78 is 0.